The highest BCUT2D eigenvalue weighted by Crippen LogP contribution is 2.41. The fraction of sp³-hybridized carbons (Fsp3) is 0.177. The van der Waals surface area contributed by atoms with Gasteiger partial charge in [-0.1, -0.05) is 104 Å². The molecule has 0 heterocycles. The maximum absolute atomic E-state index is 14.7. The Hall–Kier alpha value is -9.81. The van der Waals surface area contributed by atoms with Crippen LogP contribution in [0.3, 0.4) is 0 Å². The van der Waals surface area contributed by atoms with Crippen molar-refractivity contribution in [3.05, 3.63) is 233 Å². The van der Waals surface area contributed by atoms with Crippen molar-refractivity contribution < 1.29 is 43.0 Å². The first-order chi connectivity index (χ1) is 37.0. The zero-order valence-corrected chi connectivity index (χ0v) is 43.2. The third kappa shape index (κ3) is 14.1. The quantitative estimate of drug-likeness (QED) is 0.0277. The predicted molar refractivity (Wildman–Crippen MR) is 295 cm³/mol. The van der Waals surface area contributed by atoms with E-state index in [2.05, 4.69) is 33.2 Å². The molecule has 1 atom stereocenters. The Morgan fingerprint density at radius 2 is 1.08 bits per heavy atom. The van der Waals surface area contributed by atoms with E-state index in [1.807, 2.05) is 97.1 Å². The topological polar surface area (TPSA) is 214 Å². The molecule has 0 saturated heterocycles. The molecule has 77 heavy (non-hydrogen) atoms. The molecule has 0 aromatic heterocycles. The second-order valence-corrected chi connectivity index (χ2v) is 19.0. The zero-order valence-electron chi connectivity index (χ0n) is 43.2. The van der Waals surface area contributed by atoms with Crippen molar-refractivity contribution in [3.8, 4) is 17.6 Å². The molecule has 0 aliphatic heterocycles. The van der Waals surface area contributed by atoms with Crippen LogP contribution in [0.4, 0.5) is 17.1 Å². The lowest BCUT2D eigenvalue weighted by atomic mass is 9.77. The lowest BCUT2D eigenvalue weighted by molar-refractivity contribution is -0.126. The fourth-order valence-electron chi connectivity index (χ4n) is 8.20. The molecular formula is C62H58N6O9. The molecule has 0 spiro atoms. The Bertz CT molecular complexity index is 3180. The highest BCUT2D eigenvalue weighted by atomic mass is 16.6. The summed E-state index contributed by atoms with van der Waals surface area (Å²) in [7, 11) is 0. The number of carbonyl (C=O) groups is 6. The summed E-state index contributed by atoms with van der Waals surface area (Å²) in [6, 6.07) is 49.9. The Morgan fingerprint density at radius 1 is 0.597 bits per heavy atom. The number of nitrogens with one attached hydrogen (secondary N) is 5. The number of rotatable bonds is 20. The molecule has 7 rings (SSSR count). The van der Waals surface area contributed by atoms with Crippen LogP contribution in [-0.2, 0) is 19.9 Å². The van der Waals surface area contributed by atoms with Gasteiger partial charge in [-0.2, -0.15) is 5.26 Å². The van der Waals surface area contributed by atoms with E-state index < -0.39 is 65.2 Å². The van der Waals surface area contributed by atoms with Gasteiger partial charge in [0, 0.05) is 28.1 Å². The van der Waals surface area contributed by atoms with E-state index in [1.54, 1.807) is 34.6 Å². The monoisotopic (exact) mass is 1030 g/mol. The Kier molecular flexibility index (Phi) is 17.8. The van der Waals surface area contributed by atoms with Gasteiger partial charge in [0.2, 0.25) is 11.8 Å². The van der Waals surface area contributed by atoms with Gasteiger partial charge in [-0.15, -0.1) is 0 Å². The van der Waals surface area contributed by atoms with Crippen LogP contribution >= 0.6 is 0 Å². The molecule has 0 aliphatic rings. The summed E-state index contributed by atoms with van der Waals surface area (Å²) in [5.41, 5.74) is 2.16. The van der Waals surface area contributed by atoms with Gasteiger partial charge in [-0.3, -0.25) is 24.0 Å². The van der Waals surface area contributed by atoms with Crippen molar-refractivity contribution in [2.24, 2.45) is 0 Å². The number of esters is 1. The van der Waals surface area contributed by atoms with Crippen molar-refractivity contribution in [2.45, 2.75) is 64.3 Å². The second kappa shape index (κ2) is 24.9. The van der Waals surface area contributed by atoms with E-state index >= 15 is 0 Å². The molecule has 7 aromatic rings. The van der Waals surface area contributed by atoms with Crippen molar-refractivity contribution in [2.75, 3.05) is 22.6 Å². The molecule has 390 valence electrons. The summed E-state index contributed by atoms with van der Waals surface area (Å²) in [4.78, 5) is 83.4. The number of hydrogen-bond acceptors (Lipinski definition) is 10. The molecule has 7 aromatic carbocycles. The van der Waals surface area contributed by atoms with Crippen LogP contribution in [0.5, 0.6) is 11.5 Å². The largest absolute Gasteiger partial charge is 0.485 e. The standard InChI is InChI=1S/C62H58N6O9/c1-7-37-75-54-50(60(74)77-61(4,5)6)35-36-51(55(54)76-40(2)3)66-57(71)43-29-33-49(34-30-43)65-59(73)52(67-58(72)44-27-31-48(32-28-44)64-56(70)42-25-23-41(39-63)24-26-42)38-53(69)68-62(45-17-11-8-12-18-45,46-19-13-9-14-20-46)47-21-15-10-16-22-47/h7-36,40,52H,1,37-38H2,2-6H3,(H,64,70)(H,65,73)(H,66,71)(H,67,72)(H,68,69)/t52-/m0/s1. The van der Waals surface area contributed by atoms with E-state index in [1.165, 1.54) is 91.0 Å². The molecule has 15 nitrogen and oxygen atoms in total. The van der Waals surface area contributed by atoms with Gasteiger partial charge < -0.3 is 40.8 Å². The van der Waals surface area contributed by atoms with Crippen LogP contribution in [0.2, 0.25) is 0 Å². The van der Waals surface area contributed by atoms with E-state index in [0.717, 1.165) is 16.7 Å². The minimum Gasteiger partial charge on any atom is -0.485 e. The van der Waals surface area contributed by atoms with E-state index in [9.17, 15) is 28.8 Å². The molecule has 0 fully saturated rings. The lowest BCUT2D eigenvalue weighted by Gasteiger charge is -2.37. The molecule has 0 unspecified atom stereocenters. The van der Waals surface area contributed by atoms with Gasteiger partial charge in [0.05, 0.1) is 29.8 Å². The van der Waals surface area contributed by atoms with E-state index in [-0.39, 0.29) is 46.2 Å². The average Bonchev–Trinajstić information content (AvgIpc) is 3.45. The van der Waals surface area contributed by atoms with Gasteiger partial charge in [-0.05, 0) is 136 Å². The van der Waals surface area contributed by atoms with Crippen LogP contribution in [0, 0.1) is 11.3 Å². The maximum atomic E-state index is 14.7. The average molecular weight is 1030 g/mol. The summed E-state index contributed by atoms with van der Waals surface area (Å²) in [5, 5.41) is 23.6. The first kappa shape index (κ1) is 55.0. The number of nitriles is 1. The van der Waals surface area contributed by atoms with Crippen molar-refractivity contribution >= 4 is 52.6 Å². The van der Waals surface area contributed by atoms with E-state index in [0.29, 0.717) is 16.8 Å². The van der Waals surface area contributed by atoms with Crippen LogP contribution in [0.1, 0.15) is 105 Å². The van der Waals surface area contributed by atoms with Crippen LogP contribution in [0.15, 0.2) is 189 Å². The highest BCUT2D eigenvalue weighted by Gasteiger charge is 2.39. The van der Waals surface area contributed by atoms with Crippen LogP contribution in [0.25, 0.3) is 0 Å². The summed E-state index contributed by atoms with van der Waals surface area (Å²) in [6.07, 6.45) is 0.596. The smallest absolute Gasteiger partial charge is 0.342 e. The highest BCUT2D eigenvalue weighted by molar-refractivity contribution is 6.08. The predicted octanol–water partition coefficient (Wildman–Crippen LogP) is 10.6. The van der Waals surface area contributed by atoms with Gasteiger partial charge in [0.15, 0.2) is 11.5 Å². The summed E-state index contributed by atoms with van der Waals surface area (Å²) >= 11 is 0. The number of anilines is 3. The molecule has 15 heteroatoms. The molecular weight excluding hydrogens is 973 g/mol. The maximum Gasteiger partial charge on any atom is 0.342 e. The fourth-order valence-corrected chi connectivity index (χ4v) is 8.20. The van der Waals surface area contributed by atoms with Crippen molar-refractivity contribution in [3.63, 3.8) is 0 Å². The van der Waals surface area contributed by atoms with Gasteiger partial charge in [0.1, 0.15) is 29.4 Å². The van der Waals surface area contributed by atoms with Gasteiger partial charge in [0.25, 0.3) is 17.7 Å². The Morgan fingerprint density at radius 3 is 1.56 bits per heavy atom. The molecule has 5 amide bonds. The van der Waals surface area contributed by atoms with Crippen molar-refractivity contribution in [1.29, 1.82) is 5.26 Å². The second-order valence-electron chi connectivity index (χ2n) is 19.0. The third-order valence-electron chi connectivity index (χ3n) is 11.7. The van der Waals surface area contributed by atoms with Gasteiger partial charge >= 0.3 is 5.97 Å². The van der Waals surface area contributed by atoms with Crippen LogP contribution in [-0.4, -0.2) is 59.9 Å². The minimum absolute atomic E-state index is 0.0246. The summed E-state index contributed by atoms with van der Waals surface area (Å²) in [5.74, 6) is -3.48. The normalized spacial score (nSPS) is 11.4. The zero-order chi connectivity index (χ0) is 55.1. The molecule has 0 bridgehead atoms. The van der Waals surface area contributed by atoms with Crippen LogP contribution < -0.4 is 36.1 Å². The number of ether oxygens (including phenoxy) is 3. The Labute approximate surface area is 447 Å². The molecule has 5 N–H and O–H groups in total. The van der Waals surface area contributed by atoms with Gasteiger partial charge in [-0.25, -0.2) is 4.79 Å². The number of nitrogens with zero attached hydrogens (tertiary/aromatic N) is 1. The summed E-state index contributed by atoms with van der Waals surface area (Å²) in [6.45, 7) is 12.5. The summed E-state index contributed by atoms with van der Waals surface area (Å²) < 4.78 is 17.7. The number of amides is 5. The minimum atomic E-state index is -1.46. The number of carbonyl (C=O) groups excluding carboxylic acids is 6. The lowest BCUT2D eigenvalue weighted by Crippen LogP contribution is -2.52. The third-order valence-corrected chi connectivity index (χ3v) is 11.7. The first-order valence-electron chi connectivity index (χ1n) is 24.7. The number of benzene rings is 7. The molecule has 0 aliphatic carbocycles. The first-order valence-corrected chi connectivity index (χ1v) is 24.7. The Balaban J connectivity index is 1.15. The molecule has 0 saturated carbocycles. The molecule has 0 radical (unpaired) electrons. The number of hydrogen-bond donors (Lipinski definition) is 5. The SMILES string of the molecule is C=CCOc1c(C(=O)OC(C)(C)C)ccc(NC(=O)c2ccc(NC(=O)[C@H](CC(=O)NC(c3ccccc3)(c3ccccc3)c3ccccc3)NC(=O)c3ccc(NC(=O)c4ccc(C#N)cc4)cc3)cc2)c1OC(C)C. The van der Waals surface area contributed by atoms with E-state index in [4.69, 9.17) is 19.5 Å². The van der Waals surface area contributed by atoms with Crippen molar-refractivity contribution in [1.82, 2.24) is 10.6 Å².